The first kappa shape index (κ1) is 14.9. The second-order valence-electron chi connectivity index (χ2n) is 4.42. The lowest BCUT2D eigenvalue weighted by Gasteiger charge is -2.24. The van der Waals surface area contributed by atoms with Gasteiger partial charge in [0.2, 0.25) is 0 Å². The second kappa shape index (κ2) is 5.14. The van der Waals surface area contributed by atoms with Crippen LogP contribution in [0.3, 0.4) is 0 Å². The fourth-order valence-electron chi connectivity index (χ4n) is 2.06. The van der Waals surface area contributed by atoms with E-state index in [-0.39, 0.29) is 23.0 Å². The molecule has 1 aromatic rings. The van der Waals surface area contributed by atoms with E-state index in [1.807, 2.05) is 0 Å². The molecule has 1 aromatic heterocycles. The molecule has 1 aliphatic heterocycles. The Bertz CT molecular complexity index is 694. The lowest BCUT2D eigenvalue weighted by atomic mass is 10.2. The Hall–Kier alpha value is -1.46. The Morgan fingerprint density at radius 1 is 1.55 bits per heavy atom. The molecule has 2 rings (SSSR count). The van der Waals surface area contributed by atoms with Gasteiger partial charge >= 0.3 is 5.97 Å². The Morgan fingerprint density at radius 3 is 2.70 bits per heavy atom. The fraction of sp³-hybridized carbons (Fsp3) is 0.556. The third kappa shape index (κ3) is 2.99. The molecule has 0 amide bonds. The Kier molecular flexibility index (Phi) is 3.84. The van der Waals surface area contributed by atoms with Gasteiger partial charge in [0, 0.05) is 6.04 Å². The molecular weight excluding hydrogens is 310 g/mol. The molecule has 1 saturated heterocycles. The summed E-state index contributed by atoms with van der Waals surface area (Å²) in [5, 5.41) is 14.4. The summed E-state index contributed by atoms with van der Waals surface area (Å²) in [6.07, 6.45) is 1.31. The number of carbonyl (C=O) groups is 1. The van der Waals surface area contributed by atoms with Crippen molar-refractivity contribution in [1.82, 2.24) is 14.5 Å². The normalized spacial score (nSPS) is 22.1. The maximum Gasteiger partial charge on any atom is 0.318 e. The standard InChI is InChI=1S/C9H13N3O6S2/c13-9(14)5-12(7-2-4-19(15,16)6-7)20(17,18)8-1-3-10-11-8/h1,3,7H,2,4-6H2,(H,10,11)(H,13,14). The average molecular weight is 323 g/mol. The molecule has 1 unspecified atom stereocenters. The van der Waals surface area contributed by atoms with Crippen LogP contribution in [-0.4, -0.2) is 66.5 Å². The summed E-state index contributed by atoms with van der Waals surface area (Å²) in [5.74, 6) is -1.86. The highest BCUT2D eigenvalue weighted by atomic mass is 32.2. The molecule has 2 heterocycles. The molecule has 9 nitrogen and oxygen atoms in total. The molecule has 0 bridgehead atoms. The van der Waals surface area contributed by atoms with Crippen molar-refractivity contribution in [3.63, 3.8) is 0 Å². The van der Waals surface area contributed by atoms with Crippen molar-refractivity contribution >= 4 is 25.8 Å². The summed E-state index contributed by atoms with van der Waals surface area (Å²) < 4.78 is 48.3. The molecular formula is C9H13N3O6S2. The predicted octanol–water partition coefficient (Wildman–Crippen LogP) is -1.33. The van der Waals surface area contributed by atoms with E-state index in [0.29, 0.717) is 4.31 Å². The number of aliphatic carboxylic acids is 1. The van der Waals surface area contributed by atoms with Crippen LogP contribution in [0.2, 0.25) is 0 Å². The van der Waals surface area contributed by atoms with E-state index in [4.69, 9.17) is 5.11 Å². The number of aromatic nitrogens is 2. The van der Waals surface area contributed by atoms with Crippen LogP contribution in [0.25, 0.3) is 0 Å². The van der Waals surface area contributed by atoms with Gasteiger partial charge in [0.25, 0.3) is 10.0 Å². The summed E-state index contributed by atoms with van der Waals surface area (Å²) >= 11 is 0. The molecule has 1 atom stereocenters. The smallest absolute Gasteiger partial charge is 0.318 e. The van der Waals surface area contributed by atoms with Crippen molar-refractivity contribution in [1.29, 1.82) is 0 Å². The first-order chi connectivity index (χ1) is 9.22. The van der Waals surface area contributed by atoms with Crippen LogP contribution in [0.5, 0.6) is 0 Å². The van der Waals surface area contributed by atoms with Crippen LogP contribution in [0.4, 0.5) is 0 Å². The number of sulfonamides is 1. The monoisotopic (exact) mass is 323 g/mol. The van der Waals surface area contributed by atoms with Gasteiger partial charge in [0.1, 0.15) is 6.54 Å². The van der Waals surface area contributed by atoms with Crippen LogP contribution in [0.15, 0.2) is 17.3 Å². The van der Waals surface area contributed by atoms with Gasteiger partial charge in [-0.2, -0.15) is 9.40 Å². The topological polar surface area (TPSA) is 138 Å². The molecule has 0 aliphatic carbocycles. The van der Waals surface area contributed by atoms with Crippen molar-refractivity contribution < 1.29 is 26.7 Å². The molecule has 112 valence electrons. The van der Waals surface area contributed by atoms with E-state index in [0.717, 1.165) is 0 Å². The zero-order valence-corrected chi connectivity index (χ0v) is 11.9. The number of carboxylic acid groups (broad SMARTS) is 1. The van der Waals surface area contributed by atoms with E-state index >= 15 is 0 Å². The van der Waals surface area contributed by atoms with Gasteiger partial charge in [-0.1, -0.05) is 0 Å². The first-order valence-electron chi connectivity index (χ1n) is 5.66. The highest BCUT2D eigenvalue weighted by molar-refractivity contribution is 7.92. The molecule has 1 aliphatic rings. The van der Waals surface area contributed by atoms with Crippen molar-refractivity contribution in [2.24, 2.45) is 0 Å². The number of aromatic amines is 1. The Labute approximate surface area is 115 Å². The van der Waals surface area contributed by atoms with Crippen LogP contribution in [-0.2, 0) is 24.7 Å². The molecule has 2 N–H and O–H groups in total. The first-order valence-corrected chi connectivity index (χ1v) is 8.92. The van der Waals surface area contributed by atoms with Crippen LogP contribution < -0.4 is 0 Å². The highest BCUT2D eigenvalue weighted by Gasteiger charge is 2.40. The van der Waals surface area contributed by atoms with Gasteiger partial charge in [0.05, 0.1) is 17.7 Å². The quantitative estimate of drug-likeness (QED) is 0.685. The Balaban J connectivity index is 2.36. The minimum absolute atomic E-state index is 0.0863. The van der Waals surface area contributed by atoms with Crippen molar-refractivity contribution in [3.05, 3.63) is 12.3 Å². The van der Waals surface area contributed by atoms with Gasteiger partial charge in [-0.25, -0.2) is 16.8 Å². The summed E-state index contributed by atoms with van der Waals surface area (Å²) in [6.45, 7) is -0.790. The van der Waals surface area contributed by atoms with Gasteiger partial charge in [-0.05, 0) is 12.5 Å². The third-order valence-electron chi connectivity index (χ3n) is 2.97. The summed E-state index contributed by atoms with van der Waals surface area (Å²) in [7, 11) is -7.45. The van der Waals surface area contributed by atoms with Gasteiger partial charge < -0.3 is 5.11 Å². The number of H-pyrrole nitrogens is 1. The number of sulfone groups is 1. The summed E-state index contributed by atoms with van der Waals surface area (Å²) in [4.78, 5) is 10.9. The number of carboxylic acids is 1. The predicted molar refractivity (Wildman–Crippen MR) is 67.2 cm³/mol. The van der Waals surface area contributed by atoms with Gasteiger partial charge in [-0.15, -0.1) is 0 Å². The molecule has 11 heteroatoms. The summed E-state index contributed by atoms with van der Waals surface area (Å²) in [5.41, 5.74) is 0. The number of rotatable bonds is 5. The largest absolute Gasteiger partial charge is 0.480 e. The SMILES string of the molecule is O=C(O)CN(C1CCS(=O)(=O)C1)S(=O)(=O)c1ccn[nH]1. The number of nitrogens with one attached hydrogen (secondary N) is 1. The second-order valence-corrected chi connectivity index (χ2v) is 8.51. The molecule has 1 fully saturated rings. The Morgan fingerprint density at radius 2 is 2.25 bits per heavy atom. The van der Waals surface area contributed by atoms with Crippen molar-refractivity contribution in [3.8, 4) is 0 Å². The minimum Gasteiger partial charge on any atom is -0.480 e. The number of nitrogens with zero attached hydrogens (tertiary/aromatic N) is 2. The van der Waals surface area contributed by atoms with E-state index in [1.54, 1.807) is 0 Å². The van der Waals surface area contributed by atoms with Crippen molar-refractivity contribution in [2.45, 2.75) is 17.5 Å². The van der Waals surface area contributed by atoms with Crippen LogP contribution >= 0.6 is 0 Å². The minimum atomic E-state index is -4.12. The van der Waals surface area contributed by atoms with Gasteiger partial charge in [-0.3, -0.25) is 9.89 Å². The van der Waals surface area contributed by atoms with E-state index in [9.17, 15) is 21.6 Å². The van der Waals surface area contributed by atoms with Crippen LogP contribution in [0.1, 0.15) is 6.42 Å². The van der Waals surface area contributed by atoms with E-state index < -0.39 is 38.4 Å². The lowest BCUT2D eigenvalue weighted by Crippen LogP contribution is -2.44. The zero-order valence-electron chi connectivity index (χ0n) is 10.3. The summed E-state index contributed by atoms with van der Waals surface area (Å²) in [6, 6.07) is 0.317. The number of hydrogen-bond acceptors (Lipinski definition) is 6. The lowest BCUT2D eigenvalue weighted by molar-refractivity contribution is -0.137. The molecule has 0 saturated carbocycles. The molecule has 20 heavy (non-hydrogen) atoms. The van der Waals surface area contributed by atoms with Crippen molar-refractivity contribution in [2.75, 3.05) is 18.1 Å². The fourth-order valence-corrected chi connectivity index (χ4v) is 5.39. The number of hydrogen-bond donors (Lipinski definition) is 2. The zero-order chi connectivity index (χ0) is 15.0. The average Bonchev–Trinajstić information content (AvgIpc) is 2.94. The van der Waals surface area contributed by atoms with E-state index in [2.05, 4.69) is 10.2 Å². The maximum absolute atomic E-state index is 12.3. The van der Waals surface area contributed by atoms with Gasteiger partial charge in [0.15, 0.2) is 14.9 Å². The van der Waals surface area contributed by atoms with Crippen LogP contribution in [0, 0.1) is 0 Å². The molecule has 0 radical (unpaired) electrons. The third-order valence-corrected chi connectivity index (χ3v) is 6.55. The molecule has 0 aromatic carbocycles. The maximum atomic E-state index is 12.3. The highest BCUT2D eigenvalue weighted by Crippen LogP contribution is 2.23. The van der Waals surface area contributed by atoms with E-state index in [1.165, 1.54) is 12.3 Å². The molecule has 0 spiro atoms.